The van der Waals surface area contributed by atoms with Gasteiger partial charge in [0.15, 0.2) is 0 Å². The minimum Gasteiger partial charge on any atom is -0.331 e. The van der Waals surface area contributed by atoms with Gasteiger partial charge in [-0.2, -0.15) is 13.2 Å². The maximum absolute atomic E-state index is 12.5. The highest BCUT2D eigenvalue weighted by atomic mass is 19.4. The molecule has 1 saturated heterocycles. The molecule has 0 aromatic heterocycles. The first kappa shape index (κ1) is 14.3. The van der Waals surface area contributed by atoms with Crippen molar-refractivity contribution in [2.45, 2.75) is 38.9 Å². The van der Waals surface area contributed by atoms with Crippen molar-refractivity contribution in [2.24, 2.45) is 5.92 Å². The van der Waals surface area contributed by atoms with Crippen LogP contribution in [0.5, 0.6) is 0 Å². The van der Waals surface area contributed by atoms with Gasteiger partial charge in [-0.05, 0) is 25.3 Å². The summed E-state index contributed by atoms with van der Waals surface area (Å²) in [6.45, 7) is 5.18. The first-order valence-corrected chi connectivity index (χ1v) is 5.91. The fourth-order valence-corrected chi connectivity index (χ4v) is 2.12. The highest BCUT2D eigenvalue weighted by Gasteiger charge is 2.44. The van der Waals surface area contributed by atoms with Crippen molar-refractivity contribution < 1.29 is 18.0 Å². The topological polar surface area (TPSA) is 32.3 Å². The van der Waals surface area contributed by atoms with Gasteiger partial charge < -0.3 is 10.2 Å². The molecule has 0 bridgehead atoms. The maximum atomic E-state index is 12.5. The molecule has 1 fully saturated rings. The number of amides is 1. The van der Waals surface area contributed by atoms with Crippen LogP contribution in [0.4, 0.5) is 13.2 Å². The van der Waals surface area contributed by atoms with Crippen molar-refractivity contribution in [3.63, 3.8) is 0 Å². The molecule has 1 amide bonds. The molecule has 0 spiro atoms. The van der Waals surface area contributed by atoms with Gasteiger partial charge in [0.25, 0.3) is 0 Å². The van der Waals surface area contributed by atoms with Crippen LogP contribution in [0.25, 0.3) is 0 Å². The van der Waals surface area contributed by atoms with Gasteiger partial charge in [-0.1, -0.05) is 13.8 Å². The minimum absolute atomic E-state index is 0.183. The molecule has 0 radical (unpaired) electrons. The number of halogens is 3. The Labute approximate surface area is 99.4 Å². The minimum atomic E-state index is -4.76. The molecule has 0 aromatic rings. The van der Waals surface area contributed by atoms with E-state index < -0.39 is 12.1 Å². The van der Waals surface area contributed by atoms with Gasteiger partial charge in [0.2, 0.25) is 0 Å². The highest BCUT2D eigenvalue weighted by Crippen LogP contribution is 2.23. The summed E-state index contributed by atoms with van der Waals surface area (Å²) in [5.74, 6) is -1.43. The molecule has 0 aromatic carbocycles. The quantitative estimate of drug-likeness (QED) is 0.812. The first-order chi connectivity index (χ1) is 7.82. The monoisotopic (exact) mass is 252 g/mol. The van der Waals surface area contributed by atoms with E-state index >= 15 is 0 Å². The maximum Gasteiger partial charge on any atom is 0.471 e. The van der Waals surface area contributed by atoms with Crippen LogP contribution in [0.2, 0.25) is 0 Å². The van der Waals surface area contributed by atoms with Crippen LogP contribution in [0.3, 0.4) is 0 Å². The zero-order valence-electron chi connectivity index (χ0n) is 10.2. The third-order valence-corrected chi connectivity index (χ3v) is 2.82. The van der Waals surface area contributed by atoms with E-state index in [1.54, 1.807) is 0 Å². The summed E-state index contributed by atoms with van der Waals surface area (Å²) in [6, 6.07) is -0.355. The van der Waals surface area contributed by atoms with Gasteiger partial charge in [0, 0.05) is 19.1 Å². The first-order valence-electron chi connectivity index (χ1n) is 5.91. The van der Waals surface area contributed by atoms with Crippen LogP contribution in [0, 0.1) is 5.92 Å². The Hall–Kier alpha value is -0.780. The number of rotatable bonds is 2. The van der Waals surface area contributed by atoms with Crippen molar-refractivity contribution in [1.29, 1.82) is 0 Å². The molecule has 1 rings (SSSR count). The number of carbonyl (C=O) groups is 1. The van der Waals surface area contributed by atoms with Gasteiger partial charge in [0.1, 0.15) is 0 Å². The van der Waals surface area contributed by atoms with E-state index in [1.165, 1.54) is 0 Å². The van der Waals surface area contributed by atoms with E-state index in [0.717, 1.165) is 4.90 Å². The summed E-state index contributed by atoms with van der Waals surface area (Å²) >= 11 is 0. The normalized spacial score (nSPS) is 22.7. The molecule has 0 aliphatic carbocycles. The Morgan fingerprint density at radius 3 is 2.65 bits per heavy atom. The van der Waals surface area contributed by atoms with Gasteiger partial charge in [-0.3, -0.25) is 4.79 Å². The van der Waals surface area contributed by atoms with Crippen LogP contribution in [0.15, 0.2) is 0 Å². The predicted octanol–water partition coefficient (Wildman–Crippen LogP) is 1.79. The van der Waals surface area contributed by atoms with Crippen LogP contribution in [-0.2, 0) is 4.79 Å². The smallest absolute Gasteiger partial charge is 0.331 e. The summed E-state index contributed by atoms with van der Waals surface area (Å²) in [5.41, 5.74) is 0. The second-order valence-corrected chi connectivity index (χ2v) is 4.84. The Kier molecular flexibility index (Phi) is 4.80. The Balaban J connectivity index is 2.78. The molecular weight excluding hydrogens is 233 g/mol. The Morgan fingerprint density at radius 2 is 2.12 bits per heavy atom. The largest absolute Gasteiger partial charge is 0.471 e. The van der Waals surface area contributed by atoms with E-state index in [4.69, 9.17) is 0 Å². The molecule has 100 valence electrons. The molecular formula is C11H19F3N2O. The Morgan fingerprint density at radius 1 is 1.47 bits per heavy atom. The van der Waals surface area contributed by atoms with Gasteiger partial charge in [-0.25, -0.2) is 0 Å². The third-order valence-electron chi connectivity index (χ3n) is 2.82. The van der Waals surface area contributed by atoms with E-state index in [-0.39, 0.29) is 18.5 Å². The molecule has 6 heteroatoms. The highest BCUT2D eigenvalue weighted by molar-refractivity contribution is 5.82. The predicted molar refractivity (Wildman–Crippen MR) is 58.5 cm³/mol. The fraction of sp³-hybridized carbons (Fsp3) is 0.909. The lowest BCUT2D eigenvalue weighted by Gasteiger charge is -2.31. The van der Waals surface area contributed by atoms with Gasteiger partial charge in [-0.15, -0.1) is 0 Å². The van der Waals surface area contributed by atoms with Gasteiger partial charge in [0.05, 0.1) is 0 Å². The summed E-state index contributed by atoms with van der Waals surface area (Å²) < 4.78 is 37.4. The van der Waals surface area contributed by atoms with E-state index in [2.05, 4.69) is 5.32 Å². The summed E-state index contributed by atoms with van der Waals surface area (Å²) in [4.78, 5) is 12.3. The molecule has 17 heavy (non-hydrogen) atoms. The number of alkyl halides is 3. The lowest BCUT2D eigenvalue weighted by Crippen LogP contribution is -2.49. The van der Waals surface area contributed by atoms with E-state index in [0.29, 0.717) is 25.9 Å². The van der Waals surface area contributed by atoms with Crippen molar-refractivity contribution in [3.05, 3.63) is 0 Å². The number of nitrogens with one attached hydrogen (secondary N) is 1. The van der Waals surface area contributed by atoms with Crippen LogP contribution in [0.1, 0.15) is 26.7 Å². The molecule has 0 saturated carbocycles. The lowest BCUT2D eigenvalue weighted by atomic mass is 10.0. The second kappa shape index (κ2) is 5.71. The number of hydrogen-bond acceptors (Lipinski definition) is 2. The molecule has 1 aliphatic heterocycles. The average Bonchev–Trinajstić information content (AvgIpc) is 2.40. The standard InChI is InChI=1S/C11H19F3N2O/c1-8(2)6-9-7-15-4-3-5-16(9)10(17)11(12,13)14/h8-9,15H,3-7H2,1-2H3. The summed E-state index contributed by atoms with van der Waals surface area (Å²) in [5, 5.41) is 3.08. The van der Waals surface area contributed by atoms with Crippen molar-refractivity contribution in [1.82, 2.24) is 10.2 Å². The lowest BCUT2D eigenvalue weighted by molar-refractivity contribution is -0.187. The molecule has 3 nitrogen and oxygen atoms in total. The third kappa shape index (κ3) is 4.18. The van der Waals surface area contributed by atoms with E-state index in [9.17, 15) is 18.0 Å². The summed E-state index contributed by atoms with van der Waals surface area (Å²) in [6.07, 6.45) is -3.61. The van der Waals surface area contributed by atoms with Crippen molar-refractivity contribution in [3.8, 4) is 0 Å². The van der Waals surface area contributed by atoms with Crippen molar-refractivity contribution >= 4 is 5.91 Å². The zero-order chi connectivity index (χ0) is 13.1. The van der Waals surface area contributed by atoms with E-state index in [1.807, 2.05) is 13.8 Å². The van der Waals surface area contributed by atoms with Crippen LogP contribution >= 0.6 is 0 Å². The second-order valence-electron chi connectivity index (χ2n) is 4.84. The Bertz CT molecular complexity index is 266. The molecule has 1 N–H and O–H groups in total. The number of hydrogen-bond donors (Lipinski definition) is 1. The number of nitrogens with zero attached hydrogens (tertiary/aromatic N) is 1. The summed E-state index contributed by atoms with van der Waals surface area (Å²) in [7, 11) is 0. The molecule has 1 atom stereocenters. The SMILES string of the molecule is CC(C)CC1CNCCCN1C(=O)C(F)(F)F. The van der Waals surface area contributed by atoms with Crippen molar-refractivity contribution in [2.75, 3.05) is 19.6 Å². The molecule has 1 aliphatic rings. The van der Waals surface area contributed by atoms with Crippen LogP contribution < -0.4 is 5.32 Å². The fourth-order valence-electron chi connectivity index (χ4n) is 2.12. The molecule has 1 unspecified atom stereocenters. The number of carbonyl (C=O) groups excluding carboxylic acids is 1. The van der Waals surface area contributed by atoms with Crippen LogP contribution in [-0.4, -0.2) is 42.7 Å². The average molecular weight is 252 g/mol. The molecule has 1 heterocycles. The van der Waals surface area contributed by atoms with Gasteiger partial charge >= 0.3 is 12.1 Å². The zero-order valence-corrected chi connectivity index (χ0v) is 10.2.